The van der Waals surface area contributed by atoms with Gasteiger partial charge in [-0.15, -0.1) is 0 Å². The van der Waals surface area contributed by atoms with Gasteiger partial charge in [0.1, 0.15) is 11.9 Å². The van der Waals surface area contributed by atoms with Crippen LogP contribution in [0.25, 0.3) is 0 Å². The first kappa shape index (κ1) is 16.6. The van der Waals surface area contributed by atoms with Crippen LogP contribution >= 0.6 is 0 Å². The Morgan fingerprint density at radius 3 is 2.10 bits per heavy atom. The van der Waals surface area contributed by atoms with Crippen LogP contribution in [0, 0.1) is 5.82 Å². The second-order valence-electron chi connectivity index (χ2n) is 4.31. The summed E-state index contributed by atoms with van der Waals surface area (Å²) in [7, 11) is 3.12. The van der Waals surface area contributed by atoms with Crippen molar-refractivity contribution in [2.75, 3.05) is 40.5 Å². The predicted molar refractivity (Wildman–Crippen MR) is 72.1 cm³/mol. The third-order valence-electron chi connectivity index (χ3n) is 2.95. The van der Waals surface area contributed by atoms with Crippen molar-refractivity contribution in [3.8, 4) is 0 Å². The van der Waals surface area contributed by atoms with Gasteiger partial charge in [-0.1, -0.05) is 12.1 Å². The highest BCUT2D eigenvalue weighted by Gasteiger charge is 2.27. The second kappa shape index (κ2) is 8.63. The summed E-state index contributed by atoms with van der Waals surface area (Å²) in [6.45, 7) is 1.73. The Hall–Kier alpha value is -1.50. The Labute approximate surface area is 117 Å². The Balaban J connectivity index is 2.93. The summed E-state index contributed by atoms with van der Waals surface area (Å²) in [6, 6.07) is 4.65. The van der Waals surface area contributed by atoms with E-state index in [2.05, 4.69) is 0 Å². The zero-order valence-electron chi connectivity index (χ0n) is 11.7. The van der Waals surface area contributed by atoms with E-state index in [1.54, 1.807) is 19.1 Å². The summed E-state index contributed by atoms with van der Waals surface area (Å²) in [5.41, 5.74) is 0.533. The van der Waals surface area contributed by atoms with Crippen LogP contribution in [0.3, 0.4) is 0 Å². The van der Waals surface area contributed by atoms with Crippen LogP contribution in [0.1, 0.15) is 11.6 Å². The number of ether oxygens (including phenoxy) is 2. The zero-order chi connectivity index (χ0) is 15.0. The highest BCUT2D eigenvalue weighted by molar-refractivity contribution is 5.75. The van der Waals surface area contributed by atoms with Crippen molar-refractivity contribution >= 4 is 5.97 Å². The number of aliphatic carboxylic acids is 1. The van der Waals surface area contributed by atoms with Crippen LogP contribution in [0.5, 0.6) is 0 Å². The van der Waals surface area contributed by atoms with Crippen molar-refractivity contribution < 1.29 is 23.8 Å². The number of halogens is 1. The summed E-state index contributed by atoms with van der Waals surface area (Å²) in [5.74, 6) is -1.37. The molecule has 0 heterocycles. The van der Waals surface area contributed by atoms with Crippen molar-refractivity contribution in [1.29, 1.82) is 0 Å². The highest BCUT2D eigenvalue weighted by Crippen LogP contribution is 2.21. The van der Waals surface area contributed by atoms with Crippen molar-refractivity contribution in [3.63, 3.8) is 0 Å². The van der Waals surface area contributed by atoms with Crippen LogP contribution in [-0.4, -0.2) is 56.5 Å². The number of benzene rings is 1. The molecule has 1 unspecified atom stereocenters. The van der Waals surface area contributed by atoms with Gasteiger partial charge in [0.05, 0.1) is 13.2 Å². The molecule has 5 nitrogen and oxygen atoms in total. The van der Waals surface area contributed by atoms with E-state index in [0.717, 1.165) is 0 Å². The van der Waals surface area contributed by atoms with Gasteiger partial charge >= 0.3 is 5.97 Å². The SMILES string of the molecule is COCCN(CCOC)C(C(=O)O)c1ccc(F)cc1. The molecule has 20 heavy (non-hydrogen) atoms. The number of rotatable bonds is 9. The second-order valence-corrected chi connectivity index (χ2v) is 4.31. The molecular formula is C14H20FNO4. The van der Waals surface area contributed by atoms with E-state index in [1.807, 2.05) is 0 Å². The van der Waals surface area contributed by atoms with E-state index in [1.165, 1.54) is 24.3 Å². The number of hydrogen-bond donors (Lipinski definition) is 1. The van der Waals surface area contributed by atoms with Crippen molar-refractivity contribution in [3.05, 3.63) is 35.6 Å². The van der Waals surface area contributed by atoms with Crippen LogP contribution in [-0.2, 0) is 14.3 Å². The molecule has 0 bridgehead atoms. The molecule has 0 aliphatic heterocycles. The van der Waals surface area contributed by atoms with Gasteiger partial charge in [-0.25, -0.2) is 4.39 Å². The topological polar surface area (TPSA) is 59.0 Å². The first-order valence-corrected chi connectivity index (χ1v) is 6.30. The zero-order valence-corrected chi connectivity index (χ0v) is 11.7. The molecule has 1 N–H and O–H groups in total. The van der Waals surface area contributed by atoms with Gasteiger partial charge in [-0.3, -0.25) is 9.69 Å². The lowest BCUT2D eigenvalue weighted by molar-refractivity contribution is -0.144. The van der Waals surface area contributed by atoms with E-state index in [0.29, 0.717) is 31.9 Å². The quantitative estimate of drug-likeness (QED) is 0.746. The lowest BCUT2D eigenvalue weighted by Gasteiger charge is -2.28. The molecule has 0 spiro atoms. The minimum Gasteiger partial charge on any atom is -0.480 e. The molecule has 0 radical (unpaired) electrons. The lowest BCUT2D eigenvalue weighted by atomic mass is 10.1. The van der Waals surface area contributed by atoms with Crippen LogP contribution < -0.4 is 0 Å². The van der Waals surface area contributed by atoms with Crippen molar-refractivity contribution in [1.82, 2.24) is 4.90 Å². The highest BCUT2D eigenvalue weighted by atomic mass is 19.1. The van der Waals surface area contributed by atoms with Crippen molar-refractivity contribution in [2.24, 2.45) is 0 Å². The molecule has 1 atom stereocenters. The monoisotopic (exact) mass is 285 g/mol. The lowest BCUT2D eigenvalue weighted by Crippen LogP contribution is -2.38. The molecule has 6 heteroatoms. The van der Waals surface area contributed by atoms with Gasteiger partial charge in [0, 0.05) is 27.3 Å². The van der Waals surface area contributed by atoms with E-state index in [4.69, 9.17) is 9.47 Å². The molecule has 0 aliphatic rings. The summed E-state index contributed by atoms with van der Waals surface area (Å²) >= 11 is 0. The van der Waals surface area contributed by atoms with Gasteiger partial charge in [0.2, 0.25) is 0 Å². The van der Waals surface area contributed by atoms with E-state index in [-0.39, 0.29) is 0 Å². The third kappa shape index (κ3) is 4.88. The summed E-state index contributed by atoms with van der Waals surface area (Å²) < 4.78 is 23.0. The van der Waals surface area contributed by atoms with E-state index >= 15 is 0 Å². The predicted octanol–water partition coefficient (Wildman–Crippen LogP) is 1.55. The Kier molecular flexibility index (Phi) is 7.14. The number of hydrogen-bond acceptors (Lipinski definition) is 4. The maximum atomic E-state index is 13.0. The van der Waals surface area contributed by atoms with Gasteiger partial charge in [0.25, 0.3) is 0 Å². The fourth-order valence-electron chi connectivity index (χ4n) is 1.94. The summed E-state index contributed by atoms with van der Waals surface area (Å²) in [5, 5.41) is 9.45. The number of carboxylic acids is 1. The number of carboxylic acid groups (broad SMARTS) is 1. The molecule has 0 amide bonds. The van der Waals surface area contributed by atoms with Crippen LogP contribution in [0.15, 0.2) is 24.3 Å². The number of carbonyl (C=O) groups is 1. The first-order chi connectivity index (χ1) is 9.60. The summed E-state index contributed by atoms with van der Waals surface area (Å²) in [6.07, 6.45) is 0. The van der Waals surface area contributed by atoms with E-state index in [9.17, 15) is 14.3 Å². The summed E-state index contributed by atoms with van der Waals surface area (Å²) in [4.78, 5) is 13.3. The smallest absolute Gasteiger partial charge is 0.325 e. The average molecular weight is 285 g/mol. The van der Waals surface area contributed by atoms with E-state index < -0.39 is 17.8 Å². The standard InChI is InChI=1S/C14H20FNO4/c1-19-9-7-16(8-10-20-2)13(14(17)18)11-3-5-12(15)6-4-11/h3-6,13H,7-10H2,1-2H3,(H,17,18). The molecular weight excluding hydrogens is 265 g/mol. The first-order valence-electron chi connectivity index (χ1n) is 6.30. The third-order valence-corrected chi connectivity index (χ3v) is 2.95. The maximum Gasteiger partial charge on any atom is 0.325 e. The number of nitrogens with zero attached hydrogens (tertiary/aromatic N) is 1. The molecule has 0 aromatic heterocycles. The van der Waals surface area contributed by atoms with Gasteiger partial charge in [-0.2, -0.15) is 0 Å². The fraction of sp³-hybridized carbons (Fsp3) is 0.500. The van der Waals surface area contributed by atoms with Gasteiger partial charge in [0.15, 0.2) is 0 Å². The molecule has 0 aliphatic carbocycles. The normalized spacial score (nSPS) is 12.6. The molecule has 1 aromatic carbocycles. The molecule has 1 rings (SSSR count). The number of methoxy groups -OCH3 is 2. The minimum absolute atomic E-state index is 0.391. The Morgan fingerprint density at radius 1 is 1.20 bits per heavy atom. The molecule has 0 saturated carbocycles. The fourth-order valence-corrected chi connectivity index (χ4v) is 1.94. The molecule has 1 aromatic rings. The van der Waals surface area contributed by atoms with Crippen LogP contribution in [0.2, 0.25) is 0 Å². The van der Waals surface area contributed by atoms with Crippen molar-refractivity contribution in [2.45, 2.75) is 6.04 Å². The van der Waals surface area contributed by atoms with Crippen LogP contribution in [0.4, 0.5) is 4.39 Å². The molecule has 0 fully saturated rings. The van der Waals surface area contributed by atoms with Gasteiger partial charge < -0.3 is 14.6 Å². The maximum absolute atomic E-state index is 13.0. The molecule has 112 valence electrons. The Bertz CT molecular complexity index is 402. The largest absolute Gasteiger partial charge is 0.480 e. The minimum atomic E-state index is -0.983. The average Bonchev–Trinajstić information content (AvgIpc) is 2.43. The Morgan fingerprint density at radius 2 is 1.70 bits per heavy atom. The van der Waals surface area contributed by atoms with Gasteiger partial charge in [-0.05, 0) is 17.7 Å². The molecule has 0 saturated heterocycles.